The molecule has 6 heteroatoms. The van der Waals surface area contributed by atoms with Crippen molar-refractivity contribution in [3.8, 4) is 22.9 Å². The van der Waals surface area contributed by atoms with Crippen LogP contribution in [-0.4, -0.2) is 30.9 Å². The fourth-order valence-corrected chi connectivity index (χ4v) is 1.68. The minimum absolute atomic E-state index is 0.420. The highest BCUT2D eigenvalue weighted by Gasteiger charge is 2.12. The van der Waals surface area contributed by atoms with E-state index in [1.54, 1.807) is 14.2 Å². The van der Waals surface area contributed by atoms with Crippen LogP contribution in [0.3, 0.4) is 0 Å². The van der Waals surface area contributed by atoms with Crippen molar-refractivity contribution in [3.63, 3.8) is 0 Å². The van der Waals surface area contributed by atoms with Crippen LogP contribution in [0.15, 0.2) is 22.7 Å². The number of anilines is 1. The molecule has 0 radical (unpaired) electrons. The van der Waals surface area contributed by atoms with Gasteiger partial charge in [-0.3, -0.25) is 0 Å². The molecule has 0 aliphatic heterocycles. The molecule has 1 aromatic heterocycles. The van der Waals surface area contributed by atoms with Crippen LogP contribution in [0.4, 0.5) is 6.01 Å². The first-order chi connectivity index (χ1) is 9.63. The van der Waals surface area contributed by atoms with Gasteiger partial charge in [-0.1, -0.05) is 19.0 Å². The van der Waals surface area contributed by atoms with E-state index < -0.39 is 0 Å². The maximum Gasteiger partial charge on any atom is 0.321 e. The zero-order valence-corrected chi connectivity index (χ0v) is 12.1. The molecule has 0 fully saturated rings. The molecule has 2 aromatic rings. The average Bonchev–Trinajstić information content (AvgIpc) is 2.93. The van der Waals surface area contributed by atoms with E-state index >= 15 is 0 Å². The maximum atomic E-state index is 5.26. The summed E-state index contributed by atoms with van der Waals surface area (Å²) >= 11 is 0. The first-order valence-electron chi connectivity index (χ1n) is 6.44. The fraction of sp³-hybridized carbons (Fsp3) is 0.429. The van der Waals surface area contributed by atoms with Crippen molar-refractivity contribution < 1.29 is 14.0 Å². The molecule has 1 heterocycles. The van der Waals surface area contributed by atoms with E-state index in [1.807, 2.05) is 18.2 Å². The molecule has 6 nitrogen and oxygen atoms in total. The van der Waals surface area contributed by atoms with Crippen LogP contribution in [0.5, 0.6) is 11.5 Å². The quantitative estimate of drug-likeness (QED) is 0.875. The highest BCUT2D eigenvalue weighted by molar-refractivity contribution is 5.61. The predicted molar refractivity (Wildman–Crippen MR) is 76.2 cm³/mol. The molecule has 0 aliphatic carbocycles. The Kier molecular flexibility index (Phi) is 4.45. The van der Waals surface area contributed by atoms with Gasteiger partial charge in [-0.25, -0.2) is 0 Å². The Labute approximate surface area is 118 Å². The molecule has 1 N–H and O–H groups in total. The van der Waals surface area contributed by atoms with E-state index in [0.717, 1.165) is 12.1 Å². The molecular formula is C14H19N3O3. The van der Waals surface area contributed by atoms with E-state index in [9.17, 15) is 0 Å². The number of aromatic nitrogens is 2. The molecule has 0 unspecified atom stereocenters. The monoisotopic (exact) mass is 277 g/mol. The molecule has 2 rings (SSSR count). The van der Waals surface area contributed by atoms with Crippen molar-refractivity contribution in [2.45, 2.75) is 13.8 Å². The molecule has 0 atom stereocenters. The van der Waals surface area contributed by atoms with Gasteiger partial charge >= 0.3 is 6.01 Å². The van der Waals surface area contributed by atoms with Crippen molar-refractivity contribution in [1.29, 1.82) is 0 Å². The fourth-order valence-electron chi connectivity index (χ4n) is 1.68. The summed E-state index contributed by atoms with van der Waals surface area (Å²) in [6.07, 6.45) is 0. The number of methoxy groups -OCH3 is 2. The Hall–Kier alpha value is -2.24. The SMILES string of the molecule is COc1ccc(-c2noc(NCC(C)C)n2)cc1OC. The van der Waals surface area contributed by atoms with Crippen molar-refractivity contribution in [1.82, 2.24) is 10.1 Å². The highest BCUT2D eigenvalue weighted by Crippen LogP contribution is 2.31. The van der Waals surface area contributed by atoms with Crippen LogP contribution in [0.1, 0.15) is 13.8 Å². The summed E-state index contributed by atoms with van der Waals surface area (Å²) in [5.74, 6) is 2.31. The predicted octanol–water partition coefficient (Wildman–Crippen LogP) is 2.82. The molecule has 20 heavy (non-hydrogen) atoms. The summed E-state index contributed by atoms with van der Waals surface area (Å²) in [4.78, 5) is 4.30. The number of hydrogen-bond donors (Lipinski definition) is 1. The van der Waals surface area contributed by atoms with Crippen LogP contribution in [0, 0.1) is 5.92 Å². The molecule has 0 spiro atoms. The van der Waals surface area contributed by atoms with Gasteiger partial charge in [0.2, 0.25) is 5.82 Å². The first kappa shape index (κ1) is 14.2. The number of nitrogens with one attached hydrogen (secondary N) is 1. The Balaban J connectivity index is 2.19. The molecule has 0 amide bonds. The molecule has 0 saturated carbocycles. The van der Waals surface area contributed by atoms with Gasteiger partial charge in [0.1, 0.15) is 0 Å². The molecule has 1 aromatic carbocycles. The topological polar surface area (TPSA) is 69.4 Å². The minimum atomic E-state index is 0.420. The maximum absolute atomic E-state index is 5.26. The van der Waals surface area contributed by atoms with Gasteiger partial charge in [-0.15, -0.1) is 0 Å². The van der Waals surface area contributed by atoms with Gasteiger partial charge in [-0.05, 0) is 24.1 Å². The van der Waals surface area contributed by atoms with Crippen LogP contribution in [-0.2, 0) is 0 Å². The Bertz CT molecular complexity index is 567. The number of ether oxygens (including phenoxy) is 2. The van der Waals surface area contributed by atoms with Crippen LogP contribution in [0.25, 0.3) is 11.4 Å². The zero-order chi connectivity index (χ0) is 14.5. The molecule has 0 aliphatic rings. The van der Waals surface area contributed by atoms with E-state index in [4.69, 9.17) is 14.0 Å². The molecular weight excluding hydrogens is 258 g/mol. The lowest BCUT2D eigenvalue weighted by Crippen LogP contribution is -2.07. The molecule has 0 bridgehead atoms. The zero-order valence-electron chi connectivity index (χ0n) is 12.1. The number of benzene rings is 1. The van der Waals surface area contributed by atoms with Gasteiger partial charge in [0, 0.05) is 12.1 Å². The van der Waals surface area contributed by atoms with Gasteiger partial charge in [-0.2, -0.15) is 4.98 Å². The summed E-state index contributed by atoms with van der Waals surface area (Å²) in [7, 11) is 3.19. The second-order valence-corrected chi connectivity index (χ2v) is 4.77. The van der Waals surface area contributed by atoms with Gasteiger partial charge < -0.3 is 19.3 Å². The minimum Gasteiger partial charge on any atom is -0.493 e. The standard InChI is InChI=1S/C14H19N3O3/c1-9(2)8-15-14-16-13(17-20-14)10-5-6-11(18-3)12(7-10)19-4/h5-7,9H,8H2,1-4H3,(H,15,16,17). The van der Waals surface area contributed by atoms with Gasteiger partial charge in [0.05, 0.1) is 14.2 Å². The number of hydrogen-bond acceptors (Lipinski definition) is 6. The molecule has 108 valence electrons. The number of nitrogens with zero attached hydrogens (tertiary/aromatic N) is 2. The lowest BCUT2D eigenvalue weighted by atomic mass is 10.2. The van der Waals surface area contributed by atoms with E-state index in [2.05, 4.69) is 29.3 Å². The second kappa shape index (κ2) is 6.27. The molecule has 0 saturated heterocycles. The third-order valence-electron chi connectivity index (χ3n) is 2.73. The largest absolute Gasteiger partial charge is 0.493 e. The van der Waals surface area contributed by atoms with Gasteiger partial charge in [0.25, 0.3) is 0 Å². The third-order valence-corrected chi connectivity index (χ3v) is 2.73. The van der Waals surface area contributed by atoms with Crippen LogP contribution < -0.4 is 14.8 Å². The Morgan fingerprint density at radius 1 is 1.20 bits per heavy atom. The summed E-state index contributed by atoms with van der Waals surface area (Å²) < 4.78 is 15.6. The summed E-state index contributed by atoms with van der Waals surface area (Å²) in [6, 6.07) is 5.91. The van der Waals surface area contributed by atoms with Crippen LogP contribution >= 0.6 is 0 Å². The summed E-state index contributed by atoms with van der Waals surface area (Å²) in [5, 5.41) is 7.04. The Morgan fingerprint density at radius 3 is 2.60 bits per heavy atom. The van der Waals surface area contributed by atoms with Crippen LogP contribution in [0.2, 0.25) is 0 Å². The van der Waals surface area contributed by atoms with E-state index in [0.29, 0.717) is 29.3 Å². The smallest absolute Gasteiger partial charge is 0.321 e. The Morgan fingerprint density at radius 2 is 1.95 bits per heavy atom. The normalized spacial score (nSPS) is 10.7. The summed E-state index contributed by atoms with van der Waals surface area (Å²) in [5.41, 5.74) is 0.809. The first-order valence-corrected chi connectivity index (χ1v) is 6.44. The van der Waals surface area contributed by atoms with E-state index in [-0.39, 0.29) is 0 Å². The second-order valence-electron chi connectivity index (χ2n) is 4.77. The van der Waals surface area contributed by atoms with Gasteiger partial charge in [0.15, 0.2) is 11.5 Å². The van der Waals surface area contributed by atoms with Crippen molar-refractivity contribution >= 4 is 6.01 Å². The lowest BCUT2D eigenvalue weighted by Gasteiger charge is -2.07. The van der Waals surface area contributed by atoms with Crippen molar-refractivity contribution in [3.05, 3.63) is 18.2 Å². The third kappa shape index (κ3) is 3.20. The van der Waals surface area contributed by atoms with Crippen molar-refractivity contribution in [2.24, 2.45) is 5.92 Å². The lowest BCUT2D eigenvalue weighted by molar-refractivity contribution is 0.355. The van der Waals surface area contributed by atoms with Crippen molar-refractivity contribution in [2.75, 3.05) is 26.1 Å². The van der Waals surface area contributed by atoms with E-state index in [1.165, 1.54) is 0 Å². The summed E-state index contributed by atoms with van der Waals surface area (Å²) in [6.45, 7) is 5.00. The highest BCUT2D eigenvalue weighted by atomic mass is 16.5. The number of rotatable bonds is 6. The average molecular weight is 277 g/mol.